The zero-order valence-corrected chi connectivity index (χ0v) is 10.6. The molecular formula is C12H16ClN3O. The van der Waals surface area contributed by atoms with Crippen LogP contribution in [0.25, 0.3) is 0 Å². The normalized spacial score (nSPS) is 10.9. The second kappa shape index (κ2) is 5.89. The Kier molecular flexibility index (Phi) is 4.23. The number of halogens is 1. The monoisotopic (exact) mass is 253 g/mol. The van der Waals surface area contributed by atoms with Gasteiger partial charge in [0.25, 0.3) is 0 Å². The van der Waals surface area contributed by atoms with Gasteiger partial charge in [0.05, 0.1) is 24.3 Å². The van der Waals surface area contributed by atoms with E-state index < -0.39 is 0 Å². The summed E-state index contributed by atoms with van der Waals surface area (Å²) in [7, 11) is 0. The van der Waals surface area contributed by atoms with E-state index in [2.05, 4.69) is 17.3 Å². The zero-order chi connectivity index (χ0) is 12.1. The van der Waals surface area contributed by atoms with Crippen molar-refractivity contribution in [3.63, 3.8) is 0 Å². The summed E-state index contributed by atoms with van der Waals surface area (Å²) in [6.07, 6.45) is 4.52. The van der Waals surface area contributed by atoms with E-state index in [-0.39, 0.29) is 0 Å². The second-order valence-electron chi connectivity index (χ2n) is 3.90. The Morgan fingerprint density at radius 1 is 1.41 bits per heavy atom. The van der Waals surface area contributed by atoms with Gasteiger partial charge in [-0.2, -0.15) is 5.10 Å². The SMILES string of the molecule is CCCNCc1ccc(Cn2cc(Cl)cn2)o1. The van der Waals surface area contributed by atoms with Gasteiger partial charge in [0.2, 0.25) is 0 Å². The van der Waals surface area contributed by atoms with Crippen LogP contribution in [0.3, 0.4) is 0 Å². The predicted molar refractivity (Wildman–Crippen MR) is 67.0 cm³/mol. The maximum absolute atomic E-state index is 5.79. The summed E-state index contributed by atoms with van der Waals surface area (Å²) in [5.41, 5.74) is 0. The van der Waals surface area contributed by atoms with Crippen LogP contribution in [-0.2, 0) is 13.1 Å². The lowest BCUT2D eigenvalue weighted by Crippen LogP contribution is -2.13. The molecule has 0 aliphatic rings. The van der Waals surface area contributed by atoms with Crippen molar-refractivity contribution in [1.29, 1.82) is 0 Å². The standard InChI is InChI=1S/C12H16ClN3O/c1-2-5-14-7-11-3-4-12(17-11)9-16-8-10(13)6-15-16/h3-4,6,8,14H,2,5,7,9H2,1H3. The molecule has 2 rings (SSSR count). The number of nitrogens with zero attached hydrogens (tertiary/aromatic N) is 2. The van der Waals surface area contributed by atoms with E-state index in [0.717, 1.165) is 31.0 Å². The molecule has 1 N–H and O–H groups in total. The molecule has 0 saturated carbocycles. The Bertz CT molecular complexity index is 464. The average Bonchev–Trinajstić information content (AvgIpc) is 2.90. The quantitative estimate of drug-likeness (QED) is 0.805. The van der Waals surface area contributed by atoms with Gasteiger partial charge < -0.3 is 9.73 Å². The minimum atomic E-state index is 0.612. The van der Waals surface area contributed by atoms with Crippen LogP contribution in [0.4, 0.5) is 0 Å². The minimum Gasteiger partial charge on any atom is -0.463 e. The lowest BCUT2D eigenvalue weighted by molar-refractivity contribution is 0.430. The first-order valence-corrected chi connectivity index (χ1v) is 6.12. The maximum atomic E-state index is 5.79. The third-order valence-corrected chi connectivity index (χ3v) is 2.56. The van der Waals surface area contributed by atoms with Crippen LogP contribution < -0.4 is 5.32 Å². The fourth-order valence-electron chi connectivity index (χ4n) is 1.58. The van der Waals surface area contributed by atoms with Crippen LogP contribution in [0.15, 0.2) is 28.9 Å². The first-order valence-electron chi connectivity index (χ1n) is 5.74. The lowest BCUT2D eigenvalue weighted by Gasteiger charge is -2.00. The van der Waals surface area contributed by atoms with Crippen molar-refractivity contribution in [1.82, 2.24) is 15.1 Å². The van der Waals surface area contributed by atoms with Crippen molar-refractivity contribution in [2.45, 2.75) is 26.4 Å². The number of hydrogen-bond acceptors (Lipinski definition) is 3. The molecular weight excluding hydrogens is 238 g/mol. The smallest absolute Gasteiger partial charge is 0.125 e. The molecule has 0 atom stereocenters. The third kappa shape index (κ3) is 3.61. The van der Waals surface area contributed by atoms with Gasteiger partial charge in [-0.25, -0.2) is 0 Å². The lowest BCUT2D eigenvalue weighted by atomic mass is 10.4. The van der Waals surface area contributed by atoms with E-state index in [1.165, 1.54) is 0 Å². The molecule has 0 fully saturated rings. The first-order chi connectivity index (χ1) is 8.28. The molecule has 5 heteroatoms. The summed E-state index contributed by atoms with van der Waals surface area (Å²) in [4.78, 5) is 0. The number of furan rings is 1. The molecule has 0 aliphatic carbocycles. The van der Waals surface area contributed by atoms with E-state index in [4.69, 9.17) is 16.0 Å². The molecule has 0 spiro atoms. The summed E-state index contributed by atoms with van der Waals surface area (Å²) >= 11 is 5.79. The molecule has 2 aromatic heterocycles. The number of hydrogen-bond donors (Lipinski definition) is 1. The highest BCUT2D eigenvalue weighted by Crippen LogP contribution is 2.11. The van der Waals surface area contributed by atoms with Gasteiger partial charge in [0.1, 0.15) is 11.5 Å². The van der Waals surface area contributed by atoms with Gasteiger partial charge in [0.15, 0.2) is 0 Å². The van der Waals surface area contributed by atoms with E-state index in [1.54, 1.807) is 17.1 Å². The highest BCUT2D eigenvalue weighted by atomic mass is 35.5. The largest absolute Gasteiger partial charge is 0.463 e. The molecule has 4 nitrogen and oxygen atoms in total. The van der Waals surface area contributed by atoms with Crippen molar-refractivity contribution in [3.8, 4) is 0 Å². The van der Waals surface area contributed by atoms with Crippen LogP contribution in [0.1, 0.15) is 24.9 Å². The highest BCUT2D eigenvalue weighted by molar-refractivity contribution is 6.30. The van der Waals surface area contributed by atoms with Gasteiger partial charge >= 0.3 is 0 Å². The molecule has 0 aliphatic heterocycles. The topological polar surface area (TPSA) is 43.0 Å². The Morgan fingerprint density at radius 3 is 2.94 bits per heavy atom. The van der Waals surface area contributed by atoms with Gasteiger partial charge in [-0.1, -0.05) is 18.5 Å². The maximum Gasteiger partial charge on any atom is 0.125 e. The van der Waals surface area contributed by atoms with Gasteiger partial charge in [-0.15, -0.1) is 0 Å². The Hall–Kier alpha value is -1.26. The predicted octanol–water partition coefficient (Wildman–Crippen LogP) is 2.68. The van der Waals surface area contributed by atoms with Crippen molar-refractivity contribution < 1.29 is 4.42 Å². The first kappa shape index (κ1) is 12.2. The van der Waals surface area contributed by atoms with Gasteiger partial charge in [-0.3, -0.25) is 4.68 Å². The van der Waals surface area contributed by atoms with Crippen LogP contribution in [0.2, 0.25) is 5.02 Å². The molecule has 0 radical (unpaired) electrons. The Balaban J connectivity index is 1.89. The summed E-state index contributed by atoms with van der Waals surface area (Å²) in [6, 6.07) is 3.96. The Labute approximate surface area is 106 Å². The molecule has 17 heavy (non-hydrogen) atoms. The van der Waals surface area contributed by atoms with Crippen molar-refractivity contribution in [3.05, 3.63) is 41.1 Å². The molecule has 0 amide bonds. The molecule has 92 valence electrons. The number of aromatic nitrogens is 2. The van der Waals surface area contributed by atoms with E-state index in [9.17, 15) is 0 Å². The van der Waals surface area contributed by atoms with Crippen LogP contribution in [0, 0.1) is 0 Å². The van der Waals surface area contributed by atoms with Crippen molar-refractivity contribution >= 4 is 11.6 Å². The number of rotatable bonds is 6. The minimum absolute atomic E-state index is 0.612. The summed E-state index contributed by atoms with van der Waals surface area (Å²) < 4.78 is 7.43. The van der Waals surface area contributed by atoms with E-state index in [0.29, 0.717) is 11.6 Å². The third-order valence-electron chi connectivity index (χ3n) is 2.36. The number of nitrogens with one attached hydrogen (secondary N) is 1. The molecule has 0 unspecified atom stereocenters. The summed E-state index contributed by atoms with van der Waals surface area (Å²) in [5, 5.41) is 8.04. The van der Waals surface area contributed by atoms with Crippen LogP contribution >= 0.6 is 11.6 Å². The fourth-order valence-corrected chi connectivity index (χ4v) is 1.73. The highest BCUT2D eigenvalue weighted by Gasteiger charge is 2.03. The molecule has 0 aromatic carbocycles. The van der Waals surface area contributed by atoms with E-state index in [1.807, 2.05) is 12.1 Å². The van der Waals surface area contributed by atoms with Crippen LogP contribution in [-0.4, -0.2) is 16.3 Å². The van der Waals surface area contributed by atoms with Crippen LogP contribution in [0.5, 0.6) is 0 Å². The zero-order valence-electron chi connectivity index (χ0n) is 9.82. The van der Waals surface area contributed by atoms with Gasteiger partial charge in [-0.05, 0) is 25.1 Å². The van der Waals surface area contributed by atoms with Crippen molar-refractivity contribution in [2.24, 2.45) is 0 Å². The van der Waals surface area contributed by atoms with E-state index >= 15 is 0 Å². The summed E-state index contributed by atoms with van der Waals surface area (Å²) in [5.74, 6) is 1.84. The summed E-state index contributed by atoms with van der Waals surface area (Å²) in [6.45, 7) is 4.53. The fraction of sp³-hybridized carbons (Fsp3) is 0.417. The Morgan fingerprint density at radius 2 is 2.24 bits per heavy atom. The molecule has 2 aromatic rings. The molecule has 0 bridgehead atoms. The second-order valence-corrected chi connectivity index (χ2v) is 4.34. The van der Waals surface area contributed by atoms with Gasteiger partial charge in [0, 0.05) is 6.20 Å². The van der Waals surface area contributed by atoms with Crippen molar-refractivity contribution in [2.75, 3.05) is 6.54 Å². The molecule has 0 saturated heterocycles. The average molecular weight is 254 g/mol. The molecule has 2 heterocycles.